The van der Waals surface area contributed by atoms with E-state index in [-0.39, 0.29) is 5.91 Å². The van der Waals surface area contributed by atoms with Crippen molar-refractivity contribution in [1.82, 2.24) is 9.97 Å². The minimum Gasteiger partial charge on any atom is -0.495 e. The van der Waals surface area contributed by atoms with Crippen LogP contribution in [-0.2, 0) is 0 Å². The van der Waals surface area contributed by atoms with Gasteiger partial charge in [-0.05, 0) is 50.3 Å². The maximum absolute atomic E-state index is 12.5. The molecule has 138 valence electrons. The van der Waals surface area contributed by atoms with Crippen LogP contribution in [0.1, 0.15) is 48.5 Å². The fourth-order valence-electron chi connectivity index (χ4n) is 3.39. The third-order valence-electron chi connectivity index (χ3n) is 4.86. The normalized spacial score (nSPS) is 17.0. The Bertz CT molecular complexity index is 761. The van der Waals surface area contributed by atoms with Crippen LogP contribution in [-0.4, -0.2) is 35.6 Å². The van der Waals surface area contributed by atoms with Crippen molar-refractivity contribution in [2.75, 3.05) is 23.9 Å². The number of carbonyl (C=O) groups excluding carboxylic acids is 1. The smallest absolute Gasteiger partial charge is 0.258 e. The number of carbonyl (C=O) groups is 1. The summed E-state index contributed by atoms with van der Waals surface area (Å²) < 4.78 is 5.31. The lowest BCUT2D eigenvalue weighted by Gasteiger charge is -2.35. The minimum absolute atomic E-state index is 0.244. The summed E-state index contributed by atoms with van der Waals surface area (Å²) in [6, 6.07) is 6.15. The van der Waals surface area contributed by atoms with Crippen LogP contribution in [0.25, 0.3) is 0 Å². The molecular formula is C20H26N4O2. The Kier molecular flexibility index (Phi) is 5.71. The highest BCUT2D eigenvalue weighted by molar-refractivity contribution is 6.04. The Labute approximate surface area is 154 Å². The number of hydrogen-bond donors (Lipinski definition) is 1. The predicted octanol–water partition coefficient (Wildman–Crippen LogP) is 3.81. The second kappa shape index (κ2) is 8.17. The van der Waals surface area contributed by atoms with Gasteiger partial charge < -0.3 is 15.0 Å². The Hall–Kier alpha value is -2.63. The monoisotopic (exact) mass is 354 g/mol. The van der Waals surface area contributed by atoms with Gasteiger partial charge in [0.2, 0.25) is 5.95 Å². The molecule has 0 radical (unpaired) electrons. The SMILES string of the molecule is CCC1CCCCN1c1ncc(C(=O)Nc2cc(C)ccc2OC)cn1. The van der Waals surface area contributed by atoms with Gasteiger partial charge in [0.25, 0.3) is 5.91 Å². The molecule has 0 bridgehead atoms. The van der Waals surface area contributed by atoms with Crippen LogP contribution in [0.3, 0.4) is 0 Å². The number of aromatic nitrogens is 2. The summed E-state index contributed by atoms with van der Waals surface area (Å²) in [5, 5.41) is 2.88. The first-order valence-corrected chi connectivity index (χ1v) is 9.17. The van der Waals surface area contributed by atoms with E-state index in [9.17, 15) is 4.79 Å². The van der Waals surface area contributed by atoms with E-state index in [1.54, 1.807) is 19.5 Å². The van der Waals surface area contributed by atoms with Crippen molar-refractivity contribution in [1.29, 1.82) is 0 Å². The highest BCUT2D eigenvalue weighted by atomic mass is 16.5. The second-order valence-corrected chi connectivity index (χ2v) is 6.68. The molecule has 1 atom stereocenters. The number of rotatable bonds is 5. The van der Waals surface area contributed by atoms with E-state index in [0.717, 1.165) is 24.9 Å². The summed E-state index contributed by atoms with van der Waals surface area (Å²) >= 11 is 0. The average Bonchev–Trinajstić information content (AvgIpc) is 2.68. The molecular weight excluding hydrogens is 328 g/mol. The van der Waals surface area contributed by atoms with E-state index in [4.69, 9.17) is 4.74 Å². The Morgan fingerprint density at radius 1 is 1.31 bits per heavy atom. The minimum atomic E-state index is -0.244. The number of nitrogens with one attached hydrogen (secondary N) is 1. The van der Waals surface area contributed by atoms with Crippen LogP contribution in [0.5, 0.6) is 5.75 Å². The summed E-state index contributed by atoms with van der Waals surface area (Å²) in [4.78, 5) is 23.7. The third-order valence-corrected chi connectivity index (χ3v) is 4.86. The van der Waals surface area contributed by atoms with Gasteiger partial charge in [0, 0.05) is 25.0 Å². The Morgan fingerprint density at radius 3 is 2.77 bits per heavy atom. The van der Waals surface area contributed by atoms with Crippen molar-refractivity contribution >= 4 is 17.5 Å². The van der Waals surface area contributed by atoms with Crippen molar-refractivity contribution in [2.24, 2.45) is 0 Å². The Morgan fingerprint density at radius 2 is 2.08 bits per heavy atom. The first kappa shape index (κ1) is 18.2. The van der Waals surface area contributed by atoms with Gasteiger partial charge in [0.15, 0.2) is 0 Å². The van der Waals surface area contributed by atoms with Gasteiger partial charge in [-0.15, -0.1) is 0 Å². The van der Waals surface area contributed by atoms with E-state index in [1.807, 2.05) is 25.1 Å². The first-order chi connectivity index (χ1) is 12.6. The van der Waals surface area contributed by atoms with E-state index in [1.165, 1.54) is 12.8 Å². The van der Waals surface area contributed by atoms with Crippen molar-refractivity contribution < 1.29 is 9.53 Å². The van der Waals surface area contributed by atoms with Gasteiger partial charge in [-0.3, -0.25) is 4.79 Å². The molecule has 0 aliphatic carbocycles. The summed E-state index contributed by atoms with van der Waals surface area (Å²) in [6.45, 7) is 5.14. The lowest BCUT2D eigenvalue weighted by atomic mass is 10.0. The van der Waals surface area contributed by atoms with Crippen molar-refractivity contribution in [3.63, 3.8) is 0 Å². The van der Waals surface area contributed by atoms with Gasteiger partial charge >= 0.3 is 0 Å². The van der Waals surface area contributed by atoms with Crippen LogP contribution in [0, 0.1) is 6.92 Å². The van der Waals surface area contributed by atoms with Crippen molar-refractivity contribution in [3.05, 3.63) is 41.7 Å². The summed E-state index contributed by atoms with van der Waals surface area (Å²) in [6.07, 6.45) is 7.87. The fourth-order valence-corrected chi connectivity index (χ4v) is 3.39. The molecule has 1 aromatic heterocycles. The van der Waals surface area contributed by atoms with Crippen LogP contribution >= 0.6 is 0 Å². The van der Waals surface area contributed by atoms with E-state index in [0.29, 0.717) is 29.0 Å². The van der Waals surface area contributed by atoms with Gasteiger partial charge in [-0.2, -0.15) is 0 Å². The maximum Gasteiger partial charge on any atom is 0.258 e. The number of aryl methyl sites for hydroxylation is 1. The van der Waals surface area contributed by atoms with E-state index < -0.39 is 0 Å². The zero-order valence-corrected chi connectivity index (χ0v) is 15.7. The molecule has 0 saturated carbocycles. The highest BCUT2D eigenvalue weighted by Gasteiger charge is 2.23. The third kappa shape index (κ3) is 3.95. The molecule has 1 fully saturated rings. The Balaban J connectivity index is 1.74. The van der Waals surface area contributed by atoms with Gasteiger partial charge in [0.05, 0.1) is 18.4 Å². The van der Waals surface area contributed by atoms with E-state index >= 15 is 0 Å². The van der Waals surface area contributed by atoms with Gasteiger partial charge in [0.1, 0.15) is 5.75 Å². The van der Waals surface area contributed by atoms with Crippen LogP contribution in [0.2, 0.25) is 0 Å². The number of benzene rings is 1. The summed E-state index contributed by atoms with van der Waals surface area (Å²) in [5.41, 5.74) is 2.12. The predicted molar refractivity (Wildman–Crippen MR) is 103 cm³/mol. The molecule has 3 rings (SSSR count). The molecule has 0 spiro atoms. The lowest BCUT2D eigenvalue weighted by molar-refractivity contribution is 0.102. The topological polar surface area (TPSA) is 67.4 Å². The van der Waals surface area contributed by atoms with Gasteiger partial charge in [-0.1, -0.05) is 13.0 Å². The van der Waals surface area contributed by atoms with E-state index in [2.05, 4.69) is 27.1 Å². The number of hydrogen-bond acceptors (Lipinski definition) is 5. The molecule has 2 aromatic rings. The summed E-state index contributed by atoms with van der Waals surface area (Å²) in [7, 11) is 1.58. The lowest BCUT2D eigenvalue weighted by Crippen LogP contribution is -2.40. The van der Waals surface area contributed by atoms with Crippen molar-refractivity contribution in [2.45, 2.75) is 45.6 Å². The molecule has 1 amide bonds. The molecule has 2 heterocycles. The molecule has 1 unspecified atom stereocenters. The second-order valence-electron chi connectivity index (χ2n) is 6.68. The molecule has 1 aromatic carbocycles. The molecule has 1 saturated heterocycles. The number of ether oxygens (including phenoxy) is 1. The molecule has 6 nitrogen and oxygen atoms in total. The van der Waals surface area contributed by atoms with Crippen LogP contribution < -0.4 is 15.0 Å². The number of anilines is 2. The first-order valence-electron chi connectivity index (χ1n) is 9.17. The standard InChI is InChI=1S/C20H26N4O2/c1-4-16-7-5-6-10-24(16)20-21-12-15(13-22-20)19(25)23-17-11-14(2)8-9-18(17)26-3/h8-9,11-13,16H,4-7,10H2,1-3H3,(H,23,25). The molecule has 1 aliphatic heterocycles. The molecule has 6 heteroatoms. The average molecular weight is 354 g/mol. The van der Waals surface area contributed by atoms with Crippen molar-refractivity contribution in [3.8, 4) is 5.75 Å². The summed E-state index contributed by atoms with van der Waals surface area (Å²) in [5.74, 6) is 1.09. The molecule has 1 N–H and O–H groups in total. The quantitative estimate of drug-likeness (QED) is 0.884. The highest BCUT2D eigenvalue weighted by Crippen LogP contribution is 2.26. The zero-order chi connectivity index (χ0) is 18.5. The number of amides is 1. The molecule has 26 heavy (non-hydrogen) atoms. The fraction of sp³-hybridized carbons (Fsp3) is 0.450. The number of nitrogens with zero attached hydrogens (tertiary/aromatic N) is 3. The number of piperidine rings is 1. The largest absolute Gasteiger partial charge is 0.495 e. The molecule has 1 aliphatic rings. The maximum atomic E-state index is 12.5. The number of methoxy groups -OCH3 is 1. The zero-order valence-electron chi connectivity index (χ0n) is 15.7. The van der Waals surface area contributed by atoms with Crippen LogP contribution in [0.4, 0.5) is 11.6 Å². The van der Waals surface area contributed by atoms with Gasteiger partial charge in [-0.25, -0.2) is 9.97 Å². The van der Waals surface area contributed by atoms with Crippen LogP contribution in [0.15, 0.2) is 30.6 Å².